The van der Waals surface area contributed by atoms with Crippen LogP contribution in [0.1, 0.15) is 25.1 Å². The molecule has 0 amide bonds. The molecule has 0 unspecified atom stereocenters. The van der Waals surface area contributed by atoms with Crippen molar-refractivity contribution in [2.45, 2.75) is 26.2 Å². The van der Waals surface area contributed by atoms with Crippen LogP contribution in [-0.4, -0.2) is 48.6 Å². The highest BCUT2D eigenvalue weighted by molar-refractivity contribution is 7.45. The van der Waals surface area contributed by atoms with Crippen LogP contribution in [0, 0.1) is 12.8 Å². The van der Waals surface area contributed by atoms with Gasteiger partial charge in [-0.1, -0.05) is 0 Å². The van der Waals surface area contributed by atoms with Crippen molar-refractivity contribution in [1.82, 2.24) is 19.5 Å². The first-order valence-electron chi connectivity index (χ1n) is 7.86. The molecule has 23 heavy (non-hydrogen) atoms. The molecule has 0 atom stereocenters. The standard InChI is InChI=1S/C15H22N5O2P/c1-12-16-5-8-20(12)15-10-14(17-11-18-15)19-6-2-13(3-7-19)4-9-23(21)22/h5,8,10-11,13,21-22H,2-4,6-7,9H2,1H3. The van der Waals surface area contributed by atoms with Crippen LogP contribution < -0.4 is 4.90 Å². The lowest BCUT2D eigenvalue weighted by molar-refractivity contribution is 0.386. The number of imidazole rings is 1. The molecule has 8 heteroatoms. The highest BCUT2D eigenvalue weighted by atomic mass is 31.2. The first-order valence-corrected chi connectivity index (χ1v) is 9.29. The molecule has 1 saturated heterocycles. The van der Waals surface area contributed by atoms with E-state index in [1.807, 2.05) is 23.8 Å². The van der Waals surface area contributed by atoms with Gasteiger partial charge in [0.15, 0.2) is 8.38 Å². The van der Waals surface area contributed by atoms with Crippen molar-refractivity contribution in [2.75, 3.05) is 24.2 Å². The summed E-state index contributed by atoms with van der Waals surface area (Å²) >= 11 is 0. The summed E-state index contributed by atoms with van der Waals surface area (Å²) in [4.78, 5) is 33.3. The van der Waals surface area contributed by atoms with Crippen LogP contribution in [0.3, 0.4) is 0 Å². The third-order valence-corrected chi connectivity index (χ3v) is 5.04. The number of anilines is 1. The fourth-order valence-corrected chi connectivity index (χ4v) is 3.61. The minimum atomic E-state index is -1.75. The van der Waals surface area contributed by atoms with Gasteiger partial charge in [0.2, 0.25) is 0 Å². The van der Waals surface area contributed by atoms with Crippen molar-refractivity contribution < 1.29 is 9.79 Å². The number of hydrogen-bond donors (Lipinski definition) is 2. The number of rotatable bonds is 5. The van der Waals surface area contributed by atoms with Gasteiger partial charge in [0.1, 0.15) is 23.8 Å². The van der Waals surface area contributed by atoms with Gasteiger partial charge in [-0.05, 0) is 32.1 Å². The second-order valence-corrected chi connectivity index (χ2v) is 7.09. The van der Waals surface area contributed by atoms with Crippen molar-refractivity contribution >= 4 is 14.2 Å². The number of hydrogen-bond acceptors (Lipinski definition) is 6. The largest absolute Gasteiger partial charge is 0.356 e. The zero-order chi connectivity index (χ0) is 16.2. The van der Waals surface area contributed by atoms with Gasteiger partial charge < -0.3 is 14.7 Å². The monoisotopic (exact) mass is 335 g/mol. The van der Waals surface area contributed by atoms with E-state index in [2.05, 4.69) is 19.9 Å². The fourth-order valence-electron chi connectivity index (χ4n) is 3.01. The minimum Gasteiger partial charge on any atom is -0.356 e. The van der Waals surface area contributed by atoms with Crippen molar-refractivity contribution in [3.63, 3.8) is 0 Å². The Bertz CT molecular complexity index is 640. The summed E-state index contributed by atoms with van der Waals surface area (Å²) in [7, 11) is -1.75. The Morgan fingerprint density at radius 2 is 1.91 bits per heavy atom. The summed E-state index contributed by atoms with van der Waals surface area (Å²) in [6, 6.07) is 2.00. The van der Waals surface area contributed by atoms with Gasteiger partial charge >= 0.3 is 0 Å². The lowest BCUT2D eigenvalue weighted by atomic mass is 9.94. The van der Waals surface area contributed by atoms with Gasteiger partial charge in [0, 0.05) is 37.7 Å². The molecule has 7 nitrogen and oxygen atoms in total. The predicted octanol–water partition coefficient (Wildman–Crippen LogP) is 1.87. The summed E-state index contributed by atoms with van der Waals surface area (Å²) in [6.07, 6.45) is 8.81. The molecule has 3 rings (SSSR count). The smallest absolute Gasteiger partial charge is 0.164 e. The van der Waals surface area contributed by atoms with E-state index in [1.165, 1.54) is 0 Å². The summed E-state index contributed by atoms with van der Waals surface area (Å²) in [5.74, 6) is 3.25. The average molecular weight is 335 g/mol. The normalized spacial score (nSPS) is 16.3. The zero-order valence-corrected chi connectivity index (χ0v) is 14.1. The third-order valence-electron chi connectivity index (χ3n) is 4.39. The fraction of sp³-hybridized carbons (Fsp3) is 0.533. The van der Waals surface area contributed by atoms with Crippen LogP contribution in [-0.2, 0) is 0 Å². The lowest BCUT2D eigenvalue weighted by Crippen LogP contribution is -2.34. The van der Waals surface area contributed by atoms with Crippen molar-refractivity contribution in [1.29, 1.82) is 0 Å². The quantitative estimate of drug-likeness (QED) is 0.811. The van der Waals surface area contributed by atoms with Crippen molar-refractivity contribution in [3.8, 4) is 5.82 Å². The summed E-state index contributed by atoms with van der Waals surface area (Å²) < 4.78 is 1.95. The molecule has 2 N–H and O–H groups in total. The number of nitrogens with zero attached hydrogens (tertiary/aromatic N) is 5. The molecule has 0 saturated carbocycles. The molecule has 0 bridgehead atoms. The van der Waals surface area contributed by atoms with E-state index in [9.17, 15) is 0 Å². The first kappa shape index (κ1) is 16.3. The Morgan fingerprint density at radius 3 is 2.57 bits per heavy atom. The summed E-state index contributed by atoms with van der Waals surface area (Å²) in [5, 5.41) is 0. The van der Waals surface area contributed by atoms with Crippen molar-refractivity contribution in [2.24, 2.45) is 5.92 Å². The van der Waals surface area contributed by atoms with Crippen LogP contribution in [0.2, 0.25) is 0 Å². The highest BCUT2D eigenvalue weighted by Crippen LogP contribution is 2.30. The highest BCUT2D eigenvalue weighted by Gasteiger charge is 2.21. The van der Waals surface area contributed by atoms with Gasteiger partial charge in [-0.15, -0.1) is 0 Å². The van der Waals surface area contributed by atoms with Crippen LogP contribution in [0.25, 0.3) is 5.82 Å². The first-order chi connectivity index (χ1) is 11.1. The molecule has 1 aliphatic heterocycles. The van der Waals surface area contributed by atoms with Gasteiger partial charge in [0.05, 0.1) is 0 Å². The zero-order valence-electron chi connectivity index (χ0n) is 13.2. The molecule has 1 aliphatic rings. The third kappa shape index (κ3) is 4.05. The van der Waals surface area contributed by atoms with Gasteiger partial charge in [-0.3, -0.25) is 4.57 Å². The van der Waals surface area contributed by atoms with E-state index < -0.39 is 8.38 Å². The van der Waals surface area contributed by atoms with E-state index in [-0.39, 0.29) is 0 Å². The predicted molar refractivity (Wildman–Crippen MR) is 89.7 cm³/mol. The Balaban J connectivity index is 1.64. The molecule has 0 spiro atoms. The average Bonchev–Trinajstić information content (AvgIpc) is 2.99. The topological polar surface area (TPSA) is 87.3 Å². The molecule has 2 aromatic rings. The maximum atomic E-state index is 9.04. The van der Waals surface area contributed by atoms with E-state index in [4.69, 9.17) is 9.79 Å². The molecular formula is C15H22N5O2P. The van der Waals surface area contributed by atoms with E-state index in [1.54, 1.807) is 12.5 Å². The lowest BCUT2D eigenvalue weighted by Gasteiger charge is -2.33. The maximum absolute atomic E-state index is 9.04. The van der Waals surface area contributed by atoms with Crippen LogP contribution in [0.4, 0.5) is 5.82 Å². The van der Waals surface area contributed by atoms with Gasteiger partial charge in [-0.25, -0.2) is 15.0 Å². The Labute approximate surface area is 137 Å². The number of aryl methyl sites for hydroxylation is 1. The van der Waals surface area contributed by atoms with E-state index >= 15 is 0 Å². The van der Waals surface area contributed by atoms with E-state index in [0.717, 1.165) is 49.8 Å². The molecule has 2 aromatic heterocycles. The van der Waals surface area contributed by atoms with Crippen LogP contribution >= 0.6 is 8.38 Å². The summed E-state index contributed by atoms with van der Waals surface area (Å²) in [6.45, 7) is 3.84. The van der Waals surface area contributed by atoms with Gasteiger partial charge in [0.25, 0.3) is 0 Å². The van der Waals surface area contributed by atoms with Crippen LogP contribution in [0.5, 0.6) is 0 Å². The molecule has 124 valence electrons. The Hall–Kier alpha value is -1.56. The number of aromatic nitrogens is 4. The Morgan fingerprint density at radius 1 is 1.17 bits per heavy atom. The second-order valence-electron chi connectivity index (χ2n) is 5.89. The van der Waals surface area contributed by atoms with Gasteiger partial charge in [-0.2, -0.15) is 0 Å². The second kappa shape index (κ2) is 7.34. The number of piperidine rings is 1. The van der Waals surface area contributed by atoms with Crippen molar-refractivity contribution in [3.05, 3.63) is 30.6 Å². The molecule has 3 heterocycles. The maximum Gasteiger partial charge on any atom is 0.164 e. The summed E-state index contributed by atoms with van der Waals surface area (Å²) in [5.41, 5.74) is 0. The van der Waals surface area contributed by atoms with E-state index in [0.29, 0.717) is 12.1 Å². The molecule has 0 radical (unpaired) electrons. The molecular weight excluding hydrogens is 313 g/mol. The molecule has 0 aliphatic carbocycles. The molecule has 1 fully saturated rings. The molecule has 0 aromatic carbocycles. The minimum absolute atomic E-state index is 0.525. The van der Waals surface area contributed by atoms with Crippen LogP contribution in [0.15, 0.2) is 24.8 Å². The SMILES string of the molecule is Cc1nccn1-c1cc(N2CCC(CCP(O)O)CC2)ncn1. The Kier molecular flexibility index (Phi) is 5.20.